The van der Waals surface area contributed by atoms with Gasteiger partial charge < -0.3 is 19.1 Å². The third-order valence-corrected chi connectivity index (χ3v) is 3.91. The highest BCUT2D eigenvalue weighted by Gasteiger charge is 2.30. The standard InChI is InChI=1S/C20H19NO5/c1-20(2,19(22)23)25-16-10-9-14(11-18(16)24-3)15-12-17(26-21-15)13-7-5-4-6-8-13/h4-12H,1-3H3,(H,22,23). The van der Waals surface area contributed by atoms with Crippen molar-refractivity contribution in [1.29, 1.82) is 0 Å². The van der Waals surface area contributed by atoms with Crippen molar-refractivity contribution in [2.24, 2.45) is 0 Å². The molecule has 0 aliphatic rings. The van der Waals surface area contributed by atoms with Gasteiger partial charge in [-0.1, -0.05) is 35.5 Å². The first-order valence-corrected chi connectivity index (χ1v) is 8.03. The summed E-state index contributed by atoms with van der Waals surface area (Å²) in [6, 6.07) is 16.7. The Balaban J connectivity index is 1.91. The molecule has 0 aliphatic heterocycles. The summed E-state index contributed by atoms with van der Waals surface area (Å²) in [4.78, 5) is 11.3. The van der Waals surface area contributed by atoms with Crippen molar-refractivity contribution in [3.05, 3.63) is 54.6 Å². The van der Waals surface area contributed by atoms with Gasteiger partial charge in [-0.05, 0) is 32.0 Å². The second-order valence-corrected chi connectivity index (χ2v) is 6.23. The Bertz CT molecular complexity index is 915. The van der Waals surface area contributed by atoms with E-state index < -0.39 is 11.6 Å². The molecule has 6 nitrogen and oxygen atoms in total. The van der Waals surface area contributed by atoms with Crippen molar-refractivity contribution < 1.29 is 23.9 Å². The Morgan fingerprint density at radius 3 is 2.42 bits per heavy atom. The summed E-state index contributed by atoms with van der Waals surface area (Å²) in [5.41, 5.74) is 0.976. The van der Waals surface area contributed by atoms with E-state index in [1.165, 1.54) is 21.0 Å². The molecule has 3 rings (SSSR count). The predicted molar refractivity (Wildman–Crippen MR) is 96.3 cm³/mol. The lowest BCUT2D eigenvalue weighted by molar-refractivity contribution is -0.152. The van der Waals surface area contributed by atoms with Crippen molar-refractivity contribution >= 4 is 5.97 Å². The highest BCUT2D eigenvalue weighted by molar-refractivity contribution is 5.77. The van der Waals surface area contributed by atoms with Gasteiger partial charge in [-0.15, -0.1) is 0 Å². The highest BCUT2D eigenvalue weighted by Crippen LogP contribution is 2.35. The zero-order valence-electron chi connectivity index (χ0n) is 14.7. The van der Waals surface area contributed by atoms with E-state index in [1.54, 1.807) is 18.2 Å². The number of nitrogens with zero attached hydrogens (tertiary/aromatic N) is 1. The van der Waals surface area contributed by atoms with Crippen LogP contribution in [0, 0.1) is 0 Å². The number of rotatable bonds is 6. The lowest BCUT2D eigenvalue weighted by Gasteiger charge is -2.23. The van der Waals surface area contributed by atoms with Gasteiger partial charge in [0.25, 0.3) is 0 Å². The molecule has 0 atom stereocenters. The summed E-state index contributed by atoms with van der Waals surface area (Å²) in [6.07, 6.45) is 0. The average molecular weight is 353 g/mol. The minimum atomic E-state index is -1.37. The van der Waals surface area contributed by atoms with Gasteiger partial charge in [0, 0.05) is 17.2 Å². The average Bonchev–Trinajstić information content (AvgIpc) is 3.12. The number of ether oxygens (including phenoxy) is 2. The molecule has 0 bridgehead atoms. The second-order valence-electron chi connectivity index (χ2n) is 6.23. The molecule has 6 heteroatoms. The molecule has 2 aromatic carbocycles. The molecule has 0 saturated heterocycles. The molecule has 0 aliphatic carbocycles. The van der Waals surface area contributed by atoms with Gasteiger partial charge in [0.15, 0.2) is 22.9 Å². The smallest absolute Gasteiger partial charge is 0.347 e. The number of methoxy groups -OCH3 is 1. The Morgan fingerprint density at radius 2 is 1.77 bits per heavy atom. The first kappa shape index (κ1) is 17.5. The maximum atomic E-state index is 11.3. The van der Waals surface area contributed by atoms with Crippen molar-refractivity contribution in [2.45, 2.75) is 19.4 Å². The zero-order valence-corrected chi connectivity index (χ0v) is 14.7. The van der Waals surface area contributed by atoms with Crippen molar-refractivity contribution in [1.82, 2.24) is 5.16 Å². The van der Waals surface area contributed by atoms with Gasteiger partial charge in [-0.2, -0.15) is 0 Å². The van der Waals surface area contributed by atoms with E-state index in [0.29, 0.717) is 23.0 Å². The number of carboxylic acids is 1. The molecule has 0 fully saturated rings. The molecule has 0 spiro atoms. The van der Waals surface area contributed by atoms with E-state index >= 15 is 0 Å². The first-order chi connectivity index (χ1) is 12.4. The number of aromatic nitrogens is 1. The van der Waals surface area contributed by atoms with Crippen LogP contribution in [0.25, 0.3) is 22.6 Å². The topological polar surface area (TPSA) is 81.8 Å². The molecular formula is C20H19NO5. The van der Waals surface area contributed by atoms with Crippen LogP contribution in [-0.4, -0.2) is 28.9 Å². The van der Waals surface area contributed by atoms with E-state index in [-0.39, 0.29) is 0 Å². The van der Waals surface area contributed by atoms with Crippen LogP contribution in [0.2, 0.25) is 0 Å². The van der Waals surface area contributed by atoms with Crippen LogP contribution in [0.15, 0.2) is 59.1 Å². The Hall–Kier alpha value is -3.28. The van der Waals surface area contributed by atoms with Crippen molar-refractivity contribution in [3.63, 3.8) is 0 Å². The Labute approximate surface area is 151 Å². The Morgan fingerprint density at radius 1 is 1.04 bits per heavy atom. The maximum absolute atomic E-state index is 11.3. The fraction of sp³-hybridized carbons (Fsp3) is 0.200. The van der Waals surface area contributed by atoms with Crippen LogP contribution < -0.4 is 9.47 Å². The number of hydrogen-bond donors (Lipinski definition) is 1. The van der Waals surface area contributed by atoms with Crippen LogP contribution in [0.1, 0.15) is 13.8 Å². The lowest BCUT2D eigenvalue weighted by atomic mass is 10.1. The van der Waals surface area contributed by atoms with Gasteiger partial charge in [0.05, 0.1) is 7.11 Å². The molecular weight excluding hydrogens is 334 g/mol. The SMILES string of the molecule is COc1cc(-c2cc(-c3ccccc3)on2)ccc1OC(C)(C)C(=O)O. The number of carboxylic acid groups (broad SMARTS) is 1. The minimum absolute atomic E-state index is 0.343. The number of benzene rings is 2. The van der Waals surface area contributed by atoms with Gasteiger partial charge >= 0.3 is 5.97 Å². The van der Waals surface area contributed by atoms with Gasteiger partial charge in [0.1, 0.15) is 5.69 Å². The third-order valence-electron chi connectivity index (χ3n) is 3.91. The summed E-state index contributed by atoms with van der Waals surface area (Å²) in [6.45, 7) is 2.96. The van der Waals surface area contributed by atoms with Crippen LogP contribution in [0.3, 0.4) is 0 Å². The highest BCUT2D eigenvalue weighted by atomic mass is 16.5. The summed E-state index contributed by atoms with van der Waals surface area (Å²) < 4.78 is 16.4. The second kappa shape index (κ2) is 6.92. The predicted octanol–water partition coefficient (Wildman–Crippen LogP) is 4.26. The van der Waals surface area contributed by atoms with Crippen molar-refractivity contribution in [3.8, 4) is 34.1 Å². The van der Waals surface area contributed by atoms with E-state index in [0.717, 1.165) is 11.1 Å². The van der Waals surface area contributed by atoms with E-state index in [2.05, 4.69) is 5.16 Å². The summed E-state index contributed by atoms with van der Waals surface area (Å²) in [7, 11) is 1.50. The number of hydrogen-bond acceptors (Lipinski definition) is 5. The lowest BCUT2D eigenvalue weighted by Crippen LogP contribution is -2.37. The van der Waals surface area contributed by atoms with E-state index in [1.807, 2.05) is 36.4 Å². The fourth-order valence-corrected chi connectivity index (χ4v) is 2.38. The van der Waals surface area contributed by atoms with Crippen LogP contribution >= 0.6 is 0 Å². The Kier molecular flexibility index (Phi) is 4.67. The molecule has 0 amide bonds. The van der Waals surface area contributed by atoms with Gasteiger partial charge in [0.2, 0.25) is 0 Å². The van der Waals surface area contributed by atoms with Gasteiger partial charge in [-0.25, -0.2) is 4.79 Å². The monoisotopic (exact) mass is 353 g/mol. The maximum Gasteiger partial charge on any atom is 0.347 e. The molecule has 1 N–H and O–H groups in total. The summed E-state index contributed by atoms with van der Waals surface area (Å²) in [5.74, 6) is 0.357. The molecule has 134 valence electrons. The quantitative estimate of drug-likeness (QED) is 0.713. The third kappa shape index (κ3) is 3.54. The number of carbonyl (C=O) groups is 1. The molecule has 3 aromatic rings. The molecule has 0 saturated carbocycles. The molecule has 0 radical (unpaired) electrons. The zero-order chi connectivity index (χ0) is 18.7. The first-order valence-electron chi connectivity index (χ1n) is 8.03. The van der Waals surface area contributed by atoms with Crippen LogP contribution in [0.5, 0.6) is 11.5 Å². The molecule has 1 aromatic heterocycles. The molecule has 26 heavy (non-hydrogen) atoms. The summed E-state index contributed by atoms with van der Waals surface area (Å²) in [5, 5.41) is 13.3. The van der Waals surface area contributed by atoms with Crippen molar-refractivity contribution in [2.75, 3.05) is 7.11 Å². The van der Waals surface area contributed by atoms with Crippen LogP contribution in [-0.2, 0) is 4.79 Å². The summed E-state index contributed by atoms with van der Waals surface area (Å²) >= 11 is 0. The van der Waals surface area contributed by atoms with E-state index in [4.69, 9.17) is 14.0 Å². The van der Waals surface area contributed by atoms with Crippen LogP contribution in [0.4, 0.5) is 0 Å². The van der Waals surface area contributed by atoms with E-state index in [9.17, 15) is 9.90 Å². The largest absolute Gasteiger partial charge is 0.493 e. The minimum Gasteiger partial charge on any atom is -0.493 e. The number of aliphatic carboxylic acids is 1. The fourth-order valence-electron chi connectivity index (χ4n) is 2.38. The molecule has 0 unspecified atom stereocenters. The normalized spacial score (nSPS) is 11.2. The molecule has 1 heterocycles. The van der Waals surface area contributed by atoms with Gasteiger partial charge in [-0.3, -0.25) is 0 Å².